The van der Waals surface area contributed by atoms with Crippen molar-refractivity contribution in [3.63, 3.8) is 0 Å². The van der Waals surface area contributed by atoms with Crippen LogP contribution in [0.2, 0.25) is 0 Å². The lowest BCUT2D eigenvalue weighted by Crippen LogP contribution is -1.94. The van der Waals surface area contributed by atoms with Crippen molar-refractivity contribution in [2.45, 2.75) is 0 Å². The second kappa shape index (κ2) is 4.65. The van der Waals surface area contributed by atoms with E-state index in [2.05, 4.69) is 9.97 Å². The van der Waals surface area contributed by atoms with Gasteiger partial charge < -0.3 is 4.74 Å². The number of hydrogen-bond donors (Lipinski definition) is 0. The average molecular weight is 254 g/mol. The van der Waals surface area contributed by atoms with Crippen LogP contribution in [0.25, 0.3) is 22.2 Å². The first-order chi connectivity index (χ1) is 9.28. The van der Waals surface area contributed by atoms with Crippen molar-refractivity contribution in [2.75, 3.05) is 7.11 Å². The first-order valence-corrected chi connectivity index (χ1v) is 5.83. The molecule has 0 radical (unpaired) electrons. The van der Waals surface area contributed by atoms with Crippen LogP contribution in [-0.2, 0) is 0 Å². The lowest BCUT2D eigenvalue weighted by Gasteiger charge is -2.08. The number of aromatic nitrogens is 2. The van der Waals surface area contributed by atoms with Gasteiger partial charge in [-0.05, 0) is 24.3 Å². The molecule has 3 aromatic rings. The Morgan fingerprint density at radius 2 is 1.95 bits per heavy atom. The molecule has 94 valence electrons. The fourth-order valence-electron chi connectivity index (χ4n) is 1.97. The van der Waals surface area contributed by atoms with Gasteiger partial charge in [-0.1, -0.05) is 18.2 Å². The smallest absolute Gasteiger partial charge is 0.223 e. The zero-order valence-electron chi connectivity index (χ0n) is 10.3. The van der Waals surface area contributed by atoms with Crippen molar-refractivity contribution < 1.29 is 9.13 Å². The maximum atomic E-state index is 12.9. The maximum absolute atomic E-state index is 12.9. The van der Waals surface area contributed by atoms with E-state index in [-0.39, 0.29) is 5.82 Å². The molecule has 0 fully saturated rings. The summed E-state index contributed by atoms with van der Waals surface area (Å²) in [4.78, 5) is 8.51. The van der Waals surface area contributed by atoms with E-state index in [1.807, 2.05) is 30.3 Å². The van der Waals surface area contributed by atoms with Crippen molar-refractivity contribution in [2.24, 2.45) is 0 Å². The minimum absolute atomic E-state index is 0.364. The molecule has 3 rings (SSSR count). The number of nitrogens with zero attached hydrogens (tertiary/aromatic N) is 2. The molecule has 19 heavy (non-hydrogen) atoms. The normalized spacial score (nSPS) is 10.6. The van der Waals surface area contributed by atoms with Gasteiger partial charge in [0.05, 0.1) is 30.1 Å². The Labute approximate surface area is 109 Å². The van der Waals surface area contributed by atoms with Crippen LogP contribution in [0.5, 0.6) is 5.88 Å². The molecule has 0 atom stereocenters. The highest BCUT2D eigenvalue weighted by Gasteiger charge is 2.10. The molecule has 2 heterocycles. The van der Waals surface area contributed by atoms with Crippen LogP contribution in [0.4, 0.5) is 4.39 Å². The molecule has 2 aromatic heterocycles. The molecule has 0 aliphatic heterocycles. The van der Waals surface area contributed by atoms with Crippen molar-refractivity contribution in [3.8, 4) is 17.1 Å². The van der Waals surface area contributed by atoms with Crippen molar-refractivity contribution in [1.29, 1.82) is 0 Å². The van der Waals surface area contributed by atoms with E-state index < -0.39 is 0 Å². The number of para-hydroxylation sites is 1. The van der Waals surface area contributed by atoms with E-state index >= 15 is 0 Å². The summed E-state index contributed by atoms with van der Waals surface area (Å²) >= 11 is 0. The Hall–Kier alpha value is -2.49. The third-order valence-corrected chi connectivity index (χ3v) is 2.89. The number of methoxy groups -OCH3 is 1. The third-order valence-electron chi connectivity index (χ3n) is 2.89. The van der Waals surface area contributed by atoms with Crippen molar-refractivity contribution in [3.05, 3.63) is 54.5 Å². The van der Waals surface area contributed by atoms with Gasteiger partial charge in [-0.15, -0.1) is 0 Å². The van der Waals surface area contributed by atoms with Gasteiger partial charge >= 0.3 is 0 Å². The summed E-state index contributed by atoms with van der Waals surface area (Å²) in [6.45, 7) is 0. The van der Waals surface area contributed by atoms with Crippen LogP contribution >= 0.6 is 0 Å². The standard InChI is InChI=1S/C15H11FN2O/c1-19-15-12(14-7-6-11(16)9-17-14)8-10-4-2-3-5-13(10)18-15/h2-9H,1H3. The summed E-state index contributed by atoms with van der Waals surface area (Å²) in [5, 5.41) is 0.990. The van der Waals surface area contributed by atoms with E-state index in [0.29, 0.717) is 11.6 Å². The minimum atomic E-state index is -0.364. The van der Waals surface area contributed by atoms with E-state index in [1.165, 1.54) is 12.3 Å². The van der Waals surface area contributed by atoms with Crippen LogP contribution in [0.15, 0.2) is 48.7 Å². The van der Waals surface area contributed by atoms with E-state index in [4.69, 9.17) is 4.74 Å². The average Bonchev–Trinajstić information content (AvgIpc) is 2.46. The molecule has 0 aliphatic rings. The van der Waals surface area contributed by atoms with Gasteiger partial charge in [0.25, 0.3) is 0 Å². The molecule has 0 saturated carbocycles. The van der Waals surface area contributed by atoms with Gasteiger partial charge in [-0.2, -0.15) is 0 Å². The van der Waals surface area contributed by atoms with Crippen molar-refractivity contribution >= 4 is 10.9 Å². The Morgan fingerprint density at radius 1 is 1.11 bits per heavy atom. The van der Waals surface area contributed by atoms with Gasteiger partial charge in [0.2, 0.25) is 5.88 Å². The fourth-order valence-corrected chi connectivity index (χ4v) is 1.97. The molecule has 0 spiro atoms. The first kappa shape index (κ1) is 11.6. The van der Waals surface area contributed by atoms with Crippen LogP contribution in [-0.4, -0.2) is 17.1 Å². The van der Waals surface area contributed by atoms with E-state index in [0.717, 1.165) is 16.5 Å². The zero-order valence-corrected chi connectivity index (χ0v) is 10.3. The summed E-state index contributed by atoms with van der Waals surface area (Å²) < 4.78 is 18.2. The second-order valence-corrected chi connectivity index (χ2v) is 4.10. The molecule has 0 aliphatic carbocycles. The number of hydrogen-bond acceptors (Lipinski definition) is 3. The summed E-state index contributed by atoms with van der Waals surface area (Å²) in [6.07, 6.45) is 1.18. The highest BCUT2D eigenvalue weighted by molar-refractivity contribution is 5.85. The summed E-state index contributed by atoms with van der Waals surface area (Å²) in [7, 11) is 1.56. The monoisotopic (exact) mass is 254 g/mol. The predicted octanol–water partition coefficient (Wildman–Crippen LogP) is 3.44. The van der Waals surface area contributed by atoms with Crippen molar-refractivity contribution in [1.82, 2.24) is 9.97 Å². The zero-order chi connectivity index (χ0) is 13.2. The lowest BCUT2D eigenvalue weighted by molar-refractivity contribution is 0.401. The first-order valence-electron chi connectivity index (χ1n) is 5.83. The van der Waals surface area contributed by atoms with E-state index in [9.17, 15) is 4.39 Å². The molecular formula is C15H11FN2O. The fraction of sp³-hybridized carbons (Fsp3) is 0.0667. The topological polar surface area (TPSA) is 35.0 Å². The number of halogens is 1. The molecule has 0 unspecified atom stereocenters. The number of rotatable bonds is 2. The van der Waals surface area contributed by atoms with Crippen LogP contribution in [0, 0.1) is 5.82 Å². The minimum Gasteiger partial charge on any atom is -0.480 e. The van der Waals surface area contributed by atoms with Crippen LogP contribution in [0.3, 0.4) is 0 Å². The molecule has 0 saturated heterocycles. The van der Waals surface area contributed by atoms with Gasteiger partial charge in [-0.25, -0.2) is 9.37 Å². The van der Waals surface area contributed by atoms with Crippen LogP contribution < -0.4 is 4.74 Å². The predicted molar refractivity (Wildman–Crippen MR) is 71.5 cm³/mol. The van der Waals surface area contributed by atoms with Gasteiger partial charge in [0.1, 0.15) is 5.82 Å². The molecule has 4 heteroatoms. The Bertz CT molecular complexity index is 726. The van der Waals surface area contributed by atoms with Gasteiger partial charge in [0.15, 0.2) is 0 Å². The quantitative estimate of drug-likeness (QED) is 0.702. The molecule has 0 bridgehead atoms. The van der Waals surface area contributed by atoms with Gasteiger partial charge in [0, 0.05) is 5.39 Å². The number of benzene rings is 1. The number of pyridine rings is 2. The Balaban J connectivity index is 2.23. The number of fused-ring (bicyclic) bond motifs is 1. The van der Waals surface area contributed by atoms with Gasteiger partial charge in [-0.3, -0.25) is 4.98 Å². The highest BCUT2D eigenvalue weighted by atomic mass is 19.1. The summed E-state index contributed by atoms with van der Waals surface area (Å²) in [6, 6.07) is 12.7. The second-order valence-electron chi connectivity index (χ2n) is 4.10. The SMILES string of the molecule is COc1nc2ccccc2cc1-c1ccc(F)cn1. The maximum Gasteiger partial charge on any atom is 0.223 e. The molecule has 0 amide bonds. The van der Waals surface area contributed by atoms with E-state index in [1.54, 1.807) is 13.2 Å². The third kappa shape index (κ3) is 2.12. The largest absolute Gasteiger partial charge is 0.480 e. The lowest BCUT2D eigenvalue weighted by atomic mass is 10.1. The summed E-state index contributed by atoms with van der Waals surface area (Å²) in [5.74, 6) is 0.120. The molecule has 0 N–H and O–H groups in total. The molecule has 3 nitrogen and oxygen atoms in total. The summed E-state index contributed by atoms with van der Waals surface area (Å²) in [5.41, 5.74) is 2.24. The van der Waals surface area contributed by atoms with Crippen LogP contribution in [0.1, 0.15) is 0 Å². The highest BCUT2D eigenvalue weighted by Crippen LogP contribution is 2.30. The Kier molecular flexibility index (Phi) is 2.83. The number of ether oxygens (including phenoxy) is 1. The Morgan fingerprint density at radius 3 is 2.68 bits per heavy atom. The molecule has 1 aromatic carbocycles. The molecular weight excluding hydrogens is 243 g/mol.